The minimum atomic E-state index is -0.377. The van der Waals surface area contributed by atoms with E-state index in [-0.39, 0.29) is 22.0 Å². The molecule has 3 aromatic heterocycles. The summed E-state index contributed by atoms with van der Waals surface area (Å²) in [5.74, 6) is 1.63. The summed E-state index contributed by atoms with van der Waals surface area (Å²) in [6.07, 6.45) is 1.58. The molecule has 0 aliphatic rings. The van der Waals surface area contributed by atoms with Crippen molar-refractivity contribution in [2.45, 2.75) is 31.3 Å². The first-order valence-electron chi connectivity index (χ1n) is 10.0. The number of aromatic amines is 1. The molecule has 0 aliphatic heterocycles. The molecule has 32 heavy (non-hydrogen) atoms. The number of aryl methyl sites for hydroxylation is 1. The van der Waals surface area contributed by atoms with E-state index < -0.39 is 0 Å². The number of furan rings is 1. The van der Waals surface area contributed by atoms with Crippen molar-refractivity contribution < 1.29 is 13.9 Å². The molecule has 2 atom stereocenters. The van der Waals surface area contributed by atoms with Crippen LogP contribution < -0.4 is 15.6 Å². The zero-order chi connectivity index (χ0) is 22.8. The van der Waals surface area contributed by atoms with Gasteiger partial charge in [-0.05, 0) is 50.6 Å². The molecule has 0 bridgehead atoms. The number of carbonyl (C=O) groups excluding carboxylic acids is 1. The fourth-order valence-electron chi connectivity index (χ4n) is 3.36. The summed E-state index contributed by atoms with van der Waals surface area (Å²) < 4.78 is 10.8. The van der Waals surface area contributed by atoms with Crippen LogP contribution in [0.3, 0.4) is 0 Å². The normalized spacial score (nSPS) is 13.1. The third-order valence-corrected chi connectivity index (χ3v) is 7.15. The van der Waals surface area contributed by atoms with Crippen LogP contribution in [0.2, 0.25) is 0 Å². The number of H-pyrrole nitrogens is 1. The predicted molar refractivity (Wildman–Crippen MR) is 130 cm³/mol. The van der Waals surface area contributed by atoms with Crippen LogP contribution in [0, 0.1) is 6.92 Å². The number of hydrogen-bond donors (Lipinski definition) is 2. The Morgan fingerprint density at radius 1 is 1.31 bits per heavy atom. The van der Waals surface area contributed by atoms with Crippen molar-refractivity contribution in [3.05, 3.63) is 63.7 Å². The molecule has 1 amide bonds. The average molecular weight is 470 g/mol. The van der Waals surface area contributed by atoms with Gasteiger partial charge in [-0.15, -0.1) is 23.1 Å². The zero-order valence-electron chi connectivity index (χ0n) is 18.1. The first kappa shape index (κ1) is 22.2. The second kappa shape index (κ2) is 9.22. The van der Waals surface area contributed by atoms with Crippen molar-refractivity contribution in [1.82, 2.24) is 9.97 Å². The first-order valence-corrected chi connectivity index (χ1v) is 11.9. The van der Waals surface area contributed by atoms with Crippen molar-refractivity contribution in [3.63, 3.8) is 0 Å². The summed E-state index contributed by atoms with van der Waals surface area (Å²) >= 11 is 2.82. The van der Waals surface area contributed by atoms with Gasteiger partial charge in [0.15, 0.2) is 0 Å². The fraction of sp³-hybridized carbons (Fsp3) is 0.261. The number of nitrogens with one attached hydrogen (secondary N) is 2. The number of thiophene rings is 1. The van der Waals surface area contributed by atoms with E-state index in [4.69, 9.17) is 9.15 Å². The largest absolute Gasteiger partial charge is 0.495 e. The van der Waals surface area contributed by atoms with Gasteiger partial charge in [0.25, 0.3) is 5.56 Å². The number of rotatable bonds is 7. The second-order valence-corrected chi connectivity index (χ2v) is 9.92. The number of ether oxygens (including phenoxy) is 1. The third kappa shape index (κ3) is 4.44. The number of amides is 1. The summed E-state index contributed by atoms with van der Waals surface area (Å²) in [4.78, 5) is 33.8. The predicted octanol–water partition coefficient (Wildman–Crippen LogP) is 5.38. The highest BCUT2D eigenvalue weighted by atomic mass is 32.2. The number of benzene rings is 1. The van der Waals surface area contributed by atoms with Gasteiger partial charge in [-0.3, -0.25) is 9.59 Å². The van der Waals surface area contributed by atoms with Crippen molar-refractivity contribution in [1.29, 1.82) is 0 Å². The molecule has 0 fully saturated rings. The Bertz CT molecular complexity index is 1310. The standard InChI is InChI=1S/C23H23N3O4S2/c1-12-7-8-18(29-4)16(10-12)24-21(27)14(3)32-13(2)20-25-22(28)19-15(11-31-23(19)26-20)17-6-5-9-30-17/h5-11,13-14H,1-4H3,(H,24,27)(H,25,26,28). The molecule has 7 nitrogen and oxygen atoms in total. The molecule has 0 saturated carbocycles. The molecule has 0 spiro atoms. The minimum Gasteiger partial charge on any atom is -0.495 e. The lowest BCUT2D eigenvalue weighted by molar-refractivity contribution is -0.115. The molecule has 0 radical (unpaired) electrons. The molecule has 166 valence electrons. The molecular weight excluding hydrogens is 446 g/mol. The van der Waals surface area contributed by atoms with Crippen LogP contribution in [0.4, 0.5) is 5.69 Å². The van der Waals surface area contributed by atoms with E-state index in [1.807, 2.05) is 50.4 Å². The Morgan fingerprint density at radius 3 is 2.84 bits per heavy atom. The first-order chi connectivity index (χ1) is 15.4. The van der Waals surface area contributed by atoms with E-state index in [9.17, 15) is 9.59 Å². The van der Waals surface area contributed by atoms with Crippen LogP contribution in [0.15, 0.2) is 51.2 Å². The highest BCUT2D eigenvalue weighted by Crippen LogP contribution is 2.34. The Hall–Kier alpha value is -3.04. The number of aromatic nitrogens is 2. The topological polar surface area (TPSA) is 97.2 Å². The fourth-order valence-corrected chi connectivity index (χ4v) is 5.33. The Balaban J connectivity index is 1.51. The third-order valence-electron chi connectivity index (χ3n) is 5.02. The second-order valence-electron chi connectivity index (χ2n) is 7.37. The van der Waals surface area contributed by atoms with Crippen LogP contribution in [-0.4, -0.2) is 28.2 Å². The number of hydrogen-bond acceptors (Lipinski definition) is 7. The lowest BCUT2D eigenvalue weighted by Gasteiger charge is -2.18. The molecule has 4 aromatic rings. The maximum atomic E-state index is 12.8. The summed E-state index contributed by atoms with van der Waals surface area (Å²) in [6.45, 7) is 5.71. The van der Waals surface area contributed by atoms with Crippen molar-refractivity contribution in [3.8, 4) is 17.1 Å². The maximum absolute atomic E-state index is 12.8. The molecule has 1 aromatic carbocycles. The number of methoxy groups -OCH3 is 1. The average Bonchev–Trinajstić information content (AvgIpc) is 3.43. The van der Waals surface area contributed by atoms with Gasteiger partial charge in [0, 0.05) is 10.9 Å². The highest BCUT2D eigenvalue weighted by Gasteiger charge is 2.22. The SMILES string of the molecule is COc1ccc(C)cc1NC(=O)C(C)SC(C)c1nc2scc(-c3ccco3)c2c(=O)[nH]1. The number of carbonyl (C=O) groups is 1. The van der Waals surface area contributed by atoms with E-state index in [1.54, 1.807) is 19.4 Å². The highest BCUT2D eigenvalue weighted by molar-refractivity contribution is 8.00. The van der Waals surface area contributed by atoms with Gasteiger partial charge in [0.2, 0.25) is 5.91 Å². The van der Waals surface area contributed by atoms with Crippen LogP contribution >= 0.6 is 23.1 Å². The molecule has 0 aliphatic carbocycles. The smallest absolute Gasteiger partial charge is 0.260 e. The van der Waals surface area contributed by atoms with Crippen LogP contribution in [0.1, 0.15) is 30.5 Å². The lowest BCUT2D eigenvalue weighted by Crippen LogP contribution is -2.24. The van der Waals surface area contributed by atoms with Crippen LogP contribution in [0.5, 0.6) is 5.75 Å². The summed E-state index contributed by atoms with van der Waals surface area (Å²) in [5.41, 5.74) is 2.17. The maximum Gasteiger partial charge on any atom is 0.260 e. The number of thioether (sulfide) groups is 1. The number of fused-ring (bicyclic) bond motifs is 1. The number of anilines is 1. The van der Waals surface area contributed by atoms with Gasteiger partial charge >= 0.3 is 0 Å². The van der Waals surface area contributed by atoms with Crippen LogP contribution in [-0.2, 0) is 4.79 Å². The van der Waals surface area contributed by atoms with Gasteiger partial charge in [0.1, 0.15) is 22.2 Å². The van der Waals surface area contributed by atoms with E-state index in [0.29, 0.717) is 33.2 Å². The van der Waals surface area contributed by atoms with Crippen molar-refractivity contribution in [2.24, 2.45) is 0 Å². The number of nitrogens with zero attached hydrogens (tertiary/aromatic N) is 1. The zero-order valence-corrected chi connectivity index (χ0v) is 19.7. The molecule has 2 N–H and O–H groups in total. The Morgan fingerprint density at radius 2 is 2.12 bits per heavy atom. The van der Waals surface area contributed by atoms with E-state index >= 15 is 0 Å². The molecule has 0 saturated heterocycles. The van der Waals surface area contributed by atoms with Crippen LogP contribution in [0.25, 0.3) is 21.5 Å². The molecule has 9 heteroatoms. The summed E-state index contributed by atoms with van der Waals surface area (Å²) in [5, 5.41) is 4.75. The lowest BCUT2D eigenvalue weighted by atomic mass is 10.2. The molecule has 3 heterocycles. The summed E-state index contributed by atoms with van der Waals surface area (Å²) in [7, 11) is 1.57. The van der Waals surface area contributed by atoms with Gasteiger partial charge in [-0.25, -0.2) is 4.98 Å². The van der Waals surface area contributed by atoms with Crippen molar-refractivity contribution >= 4 is 44.9 Å². The monoisotopic (exact) mass is 469 g/mol. The van der Waals surface area contributed by atoms with Gasteiger partial charge in [-0.1, -0.05) is 6.07 Å². The molecular formula is C23H23N3O4S2. The van der Waals surface area contributed by atoms with E-state index in [1.165, 1.54) is 23.1 Å². The van der Waals surface area contributed by atoms with E-state index in [2.05, 4.69) is 15.3 Å². The van der Waals surface area contributed by atoms with E-state index in [0.717, 1.165) is 11.1 Å². The molecule has 2 unspecified atom stereocenters. The van der Waals surface area contributed by atoms with Gasteiger partial charge < -0.3 is 19.5 Å². The quantitative estimate of drug-likeness (QED) is 0.377. The Labute approximate surface area is 193 Å². The van der Waals surface area contributed by atoms with Gasteiger partial charge in [-0.2, -0.15) is 0 Å². The Kier molecular flexibility index (Phi) is 6.38. The molecule has 4 rings (SSSR count). The van der Waals surface area contributed by atoms with Crippen molar-refractivity contribution in [2.75, 3.05) is 12.4 Å². The minimum absolute atomic E-state index is 0.148. The van der Waals surface area contributed by atoms with Gasteiger partial charge in [0.05, 0.1) is 34.9 Å². The summed E-state index contributed by atoms with van der Waals surface area (Å²) in [6, 6.07) is 9.23.